The third kappa shape index (κ3) is 5.44. The summed E-state index contributed by atoms with van der Waals surface area (Å²) in [5.41, 5.74) is 0. The molecule has 1 fully saturated rings. The standard InChI is InChI=1S/C12H23N3O4/c1-14(2)6-7-15(3)12(18)13-8-9-4-5-10(19-9)11(16)17/h9-10H,4-8H2,1-3H3,(H,13,18)(H,16,17). The molecule has 2 N–H and O–H groups in total. The van der Waals surface area contributed by atoms with Crippen molar-refractivity contribution in [2.24, 2.45) is 0 Å². The zero-order valence-electron chi connectivity index (χ0n) is 11.8. The molecule has 0 aromatic rings. The molecule has 2 unspecified atom stereocenters. The Balaban J connectivity index is 2.21. The van der Waals surface area contributed by atoms with Crippen LogP contribution in [0.5, 0.6) is 0 Å². The number of hydrogen-bond acceptors (Lipinski definition) is 4. The second-order valence-corrected chi connectivity index (χ2v) is 5.07. The number of rotatable bonds is 6. The quantitative estimate of drug-likeness (QED) is 0.701. The molecule has 0 bridgehead atoms. The molecule has 1 aliphatic heterocycles. The molecule has 2 atom stereocenters. The molecule has 1 aliphatic rings. The van der Waals surface area contributed by atoms with Gasteiger partial charge in [0.25, 0.3) is 0 Å². The molecule has 1 heterocycles. The van der Waals surface area contributed by atoms with Gasteiger partial charge >= 0.3 is 12.0 Å². The van der Waals surface area contributed by atoms with E-state index < -0.39 is 12.1 Å². The van der Waals surface area contributed by atoms with Crippen LogP contribution in [0.1, 0.15) is 12.8 Å². The number of urea groups is 1. The lowest BCUT2D eigenvalue weighted by molar-refractivity contribution is -0.149. The molecule has 7 heteroatoms. The number of aliphatic carboxylic acids is 1. The van der Waals surface area contributed by atoms with Crippen LogP contribution in [-0.4, -0.2) is 79.9 Å². The van der Waals surface area contributed by atoms with Crippen molar-refractivity contribution in [3.8, 4) is 0 Å². The normalized spacial score (nSPS) is 22.5. The van der Waals surface area contributed by atoms with Crippen molar-refractivity contribution in [3.63, 3.8) is 0 Å². The van der Waals surface area contributed by atoms with Crippen molar-refractivity contribution in [2.45, 2.75) is 25.0 Å². The van der Waals surface area contributed by atoms with E-state index in [9.17, 15) is 9.59 Å². The van der Waals surface area contributed by atoms with Crippen molar-refractivity contribution in [1.82, 2.24) is 15.1 Å². The van der Waals surface area contributed by atoms with Gasteiger partial charge in [-0.15, -0.1) is 0 Å². The Morgan fingerprint density at radius 2 is 1.95 bits per heavy atom. The monoisotopic (exact) mass is 273 g/mol. The number of carboxylic acid groups (broad SMARTS) is 1. The van der Waals surface area contributed by atoms with E-state index in [1.165, 1.54) is 0 Å². The minimum atomic E-state index is -0.933. The number of nitrogens with one attached hydrogen (secondary N) is 1. The Morgan fingerprint density at radius 1 is 1.26 bits per heavy atom. The number of carboxylic acids is 1. The number of carbonyl (C=O) groups is 2. The summed E-state index contributed by atoms with van der Waals surface area (Å²) < 4.78 is 5.31. The van der Waals surface area contributed by atoms with E-state index in [0.29, 0.717) is 25.9 Å². The van der Waals surface area contributed by atoms with Crippen LogP contribution >= 0.6 is 0 Å². The first-order valence-corrected chi connectivity index (χ1v) is 6.42. The molecule has 0 saturated carbocycles. The minimum absolute atomic E-state index is 0.163. The van der Waals surface area contributed by atoms with Crippen molar-refractivity contribution in [2.75, 3.05) is 40.8 Å². The highest BCUT2D eigenvalue weighted by Crippen LogP contribution is 2.19. The van der Waals surface area contributed by atoms with Crippen LogP contribution in [-0.2, 0) is 9.53 Å². The third-order valence-corrected chi connectivity index (χ3v) is 3.09. The number of hydrogen-bond donors (Lipinski definition) is 2. The van der Waals surface area contributed by atoms with Gasteiger partial charge in [-0.1, -0.05) is 0 Å². The van der Waals surface area contributed by atoms with Crippen LogP contribution in [0, 0.1) is 0 Å². The van der Waals surface area contributed by atoms with E-state index in [1.807, 2.05) is 19.0 Å². The second-order valence-electron chi connectivity index (χ2n) is 5.07. The van der Waals surface area contributed by atoms with E-state index in [-0.39, 0.29) is 12.1 Å². The Morgan fingerprint density at radius 3 is 2.47 bits per heavy atom. The number of amides is 2. The van der Waals surface area contributed by atoms with Crippen molar-refractivity contribution >= 4 is 12.0 Å². The summed E-state index contributed by atoms with van der Waals surface area (Å²) in [5.74, 6) is -0.933. The lowest BCUT2D eigenvalue weighted by Gasteiger charge is -2.21. The number of likely N-dealkylation sites (N-methyl/N-ethyl adjacent to an activating group) is 2. The summed E-state index contributed by atoms with van der Waals surface area (Å²) in [6.45, 7) is 1.79. The molecule has 7 nitrogen and oxygen atoms in total. The van der Waals surface area contributed by atoms with Gasteiger partial charge in [0.2, 0.25) is 0 Å². The van der Waals surface area contributed by atoms with E-state index in [1.54, 1.807) is 11.9 Å². The van der Waals surface area contributed by atoms with Crippen LogP contribution in [0.3, 0.4) is 0 Å². The number of carbonyl (C=O) groups excluding carboxylic acids is 1. The first-order valence-electron chi connectivity index (χ1n) is 6.42. The third-order valence-electron chi connectivity index (χ3n) is 3.09. The molecule has 110 valence electrons. The molecule has 19 heavy (non-hydrogen) atoms. The molecule has 0 spiro atoms. The smallest absolute Gasteiger partial charge is 0.332 e. The van der Waals surface area contributed by atoms with Crippen LogP contribution in [0.4, 0.5) is 4.79 Å². The maximum atomic E-state index is 11.8. The Hall–Kier alpha value is -1.34. The number of nitrogens with zero attached hydrogens (tertiary/aromatic N) is 2. The maximum absolute atomic E-state index is 11.8. The molecule has 0 radical (unpaired) electrons. The van der Waals surface area contributed by atoms with E-state index >= 15 is 0 Å². The van der Waals surface area contributed by atoms with Gasteiger partial charge in [0.05, 0.1) is 6.10 Å². The highest BCUT2D eigenvalue weighted by atomic mass is 16.5. The van der Waals surface area contributed by atoms with E-state index in [4.69, 9.17) is 9.84 Å². The van der Waals surface area contributed by atoms with Gasteiger partial charge in [0, 0.05) is 26.7 Å². The molecular formula is C12H23N3O4. The topological polar surface area (TPSA) is 82.1 Å². The van der Waals surface area contributed by atoms with Crippen molar-refractivity contribution < 1.29 is 19.4 Å². The highest BCUT2D eigenvalue weighted by Gasteiger charge is 2.30. The Labute approximate surface area is 113 Å². The summed E-state index contributed by atoms with van der Waals surface area (Å²) in [5, 5.41) is 11.6. The van der Waals surface area contributed by atoms with Crippen molar-refractivity contribution in [3.05, 3.63) is 0 Å². The summed E-state index contributed by atoms with van der Waals surface area (Å²) >= 11 is 0. The van der Waals surface area contributed by atoms with E-state index in [0.717, 1.165) is 6.54 Å². The summed E-state index contributed by atoms with van der Waals surface area (Å²) in [4.78, 5) is 26.1. The first kappa shape index (κ1) is 15.7. The van der Waals surface area contributed by atoms with Gasteiger partial charge in [-0.3, -0.25) is 0 Å². The molecule has 0 aromatic carbocycles. The van der Waals surface area contributed by atoms with Gasteiger partial charge in [-0.25, -0.2) is 9.59 Å². The van der Waals surface area contributed by atoms with Gasteiger partial charge in [-0.05, 0) is 26.9 Å². The zero-order valence-corrected chi connectivity index (χ0v) is 11.8. The summed E-state index contributed by atoms with van der Waals surface area (Å²) in [7, 11) is 5.63. The zero-order chi connectivity index (χ0) is 14.4. The van der Waals surface area contributed by atoms with Gasteiger partial charge in [-0.2, -0.15) is 0 Å². The average Bonchev–Trinajstić information content (AvgIpc) is 2.81. The fraction of sp³-hybridized carbons (Fsp3) is 0.833. The van der Waals surface area contributed by atoms with E-state index in [2.05, 4.69) is 5.32 Å². The lowest BCUT2D eigenvalue weighted by Crippen LogP contribution is -2.43. The lowest BCUT2D eigenvalue weighted by atomic mass is 10.2. The second kappa shape index (κ2) is 7.30. The van der Waals surface area contributed by atoms with Crippen LogP contribution in [0.15, 0.2) is 0 Å². The molecule has 2 amide bonds. The predicted octanol–water partition coefficient (Wildman–Crippen LogP) is -0.178. The first-order chi connectivity index (χ1) is 8.90. The predicted molar refractivity (Wildman–Crippen MR) is 70.1 cm³/mol. The summed E-state index contributed by atoms with van der Waals surface area (Å²) in [6, 6.07) is -0.163. The molecule has 1 rings (SSSR count). The van der Waals surface area contributed by atoms with Crippen LogP contribution in [0.25, 0.3) is 0 Å². The van der Waals surface area contributed by atoms with Gasteiger partial charge in [0.1, 0.15) is 0 Å². The highest BCUT2D eigenvalue weighted by molar-refractivity contribution is 5.74. The molecule has 0 aliphatic carbocycles. The Kier molecular flexibility index (Phi) is 6.04. The fourth-order valence-corrected chi connectivity index (χ4v) is 1.83. The van der Waals surface area contributed by atoms with Crippen molar-refractivity contribution in [1.29, 1.82) is 0 Å². The van der Waals surface area contributed by atoms with Gasteiger partial charge in [0.15, 0.2) is 6.10 Å². The number of ether oxygens (including phenoxy) is 1. The Bertz CT molecular complexity index is 322. The largest absolute Gasteiger partial charge is 0.479 e. The minimum Gasteiger partial charge on any atom is -0.479 e. The summed E-state index contributed by atoms with van der Waals surface area (Å²) in [6.07, 6.45) is 0.242. The van der Waals surface area contributed by atoms with Crippen LogP contribution in [0.2, 0.25) is 0 Å². The molecule has 0 aromatic heterocycles. The molecule has 1 saturated heterocycles. The maximum Gasteiger partial charge on any atom is 0.332 e. The molecular weight excluding hydrogens is 250 g/mol. The fourth-order valence-electron chi connectivity index (χ4n) is 1.83. The SMILES string of the molecule is CN(C)CCN(C)C(=O)NCC1CCC(C(=O)O)O1. The van der Waals surface area contributed by atoms with Crippen LogP contribution < -0.4 is 5.32 Å². The average molecular weight is 273 g/mol. The van der Waals surface area contributed by atoms with Gasteiger partial charge < -0.3 is 25.0 Å².